The van der Waals surface area contributed by atoms with Crippen LogP contribution >= 0.6 is 15.9 Å². The zero-order valence-corrected chi connectivity index (χ0v) is 14.2. The number of hydrogen-bond acceptors (Lipinski definition) is 4. The van der Waals surface area contributed by atoms with Crippen molar-refractivity contribution < 1.29 is 19.1 Å². The van der Waals surface area contributed by atoms with Crippen molar-refractivity contribution in [2.24, 2.45) is 5.73 Å². The quantitative estimate of drug-likeness (QED) is 0.642. The number of amides is 2. The van der Waals surface area contributed by atoms with Crippen LogP contribution in [0.1, 0.15) is 15.9 Å². The van der Waals surface area contributed by atoms with Gasteiger partial charge in [-0.05, 0) is 30.3 Å². The summed E-state index contributed by atoms with van der Waals surface area (Å²) in [6, 6.07) is 13.0. The van der Waals surface area contributed by atoms with Crippen molar-refractivity contribution in [2.75, 3.05) is 11.9 Å². The normalized spacial score (nSPS) is 19.1. The number of primary amides is 1. The van der Waals surface area contributed by atoms with Gasteiger partial charge in [0.1, 0.15) is 0 Å². The van der Waals surface area contributed by atoms with Crippen molar-refractivity contribution in [3.63, 3.8) is 0 Å². The second kappa shape index (κ2) is 5.76. The Morgan fingerprint density at radius 2 is 1.83 bits per heavy atom. The summed E-state index contributed by atoms with van der Waals surface area (Å²) in [6.45, 7) is 0. The number of anilines is 1. The molecule has 0 fully saturated rings. The van der Waals surface area contributed by atoms with Gasteiger partial charge in [-0.15, -0.1) is 0 Å². The van der Waals surface area contributed by atoms with Crippen LogP contribution in [-0.4, -0.2) is 24.8 Å². The van der Waals surface area contributed by atoms with Crippen LogP contribution in [0.5, 0.6) is 0 Å². The summed E-state index contributed by atoms with van der Waals surface area (Å²) >= 11 is 3.29. The molecule has 2 aromatic rings. The maximum atomic E-state index is 12.7. The van der Waals surface area contributed by atoms with Gasteiger partial charge in [-0.25, -0.2) is 4.79 Å². The molecule has 2 N–H and O–H groups in total. The fourth-order valence-corrected chi connectivity index (χ4v) is 3.06. The summed E-state index contributed by atoms with van der Waals surface area (Å²) in [7, 11) is 1.50. The number of esters is 1. The standard InChI is InChI=1S/C17H13BrN2O4/c1-20-13-8-7-11(18)9-12(13)17(15(19)22,16(20)23)24-14(21)10-5-3-2-4-6-10/h2-9H,1H3,(H2,19,22). The minimum absolute atomic E-state index is 0.219. The van der Waals surface area contributed by atoms with E-state index in [4.69, 9.17) is 10.5 Å². The second-order valence-electron chi connectivity index (χ2n) is 5.33. The number of rotatable bonds is 3. The van der Waals surface area contributed by atoms with E-state index in [1.165, 1.54) is 24.1 Å². The molecule has 2 aromatic carbocycles. The minimum Gasteiger partial charge on any atom is -0.430 e. The third-order valence-corrected chi connectivity index (χ3v) is 4.40. The lowest BCUT2D eigenvalue weighted by Gasteiger charge is -2.24. The minimum atomic E-state index is -2.18. The van der Waals surface area contributed by atoms with E-state index >= 15 is 0 Å². The zero-order valence-electron chi connectivity index (χ0n) is 12.7. The highest BCUT2D eigenvalue weighted by molar-refractivity contribution is 9.10. The van der Waals surface area contributed by atoms with Gasteiger partial charge in [0.05, 0.1) is 11.3 Å². The van der Waals surface area contributed by atoms with Gasteiger partial charge < -0.3 is 15.4 Å². The van der Waals surface area contributed by atoms with Crippen LogP contribution in [0.3, 0.4) is 0 Å². The maximum absolute atomic E-state index is 12.7. The number of benzene rings is 2. The number of nitrogens with two attached hydrogens (primary N) is 1. The lowest BCUT2D eigenvalue weighted by atomic mass is 9.94. The first-order chi connectivity index (χ1) is 11.4. The Morgan fingerprint density at radius 1 is 1.17 bits per heavy atom. The molecule has 0 radical (unpaired) electrons. The number of fused-ring (bicyclic) bond motifs is 1. The molecule has 1 unspecified atom stereocenters. The number of halogens is 1. The van der Waals surface area contributed by atoms with Crippen LogP contribution in [-0.2, 0) is 19.9 Å². The van der Waals surface area contributed by atoms with Crippen molar-refractivity contribution in [3.05, 3.63) is 64.1 Å². The van der Waals surface area contributed by atoms with E-state index < -0.39 is 23.4 Å². The molecule has 1 aliphatic rings. The van der Waals surface area contributed by atoms with Crippen LogP contribution in [0.25, 0.3) is 0 Å². The highest BCUT2D eigenvalue weighted by Gasteiger charge is 2.58. The Balaban J connectivity index is 2.13. The Hall–Kier alpha value is -2.67. The predicted molar refractivity (Wildman–Crippen MR) is 90.3 cm³/mol. The van der Waals surface area contributed by atoms with Crippen molar-refractivity contribution >= 4 is 39.4 Å². The number of ether oxygens (including phenoxy) is 1. The molecule has 122 valence electrons. The molecule has 6 nitrogen and oxygen atoms in total. The van der Waals surface area contributed by atoms with Gasteiger partial charge >= 0.3 is 5.97 Å². The fourth-order valence-electron chi connectivity index (χ4n) is 2.70. The number of carbonyl (C=O) groups is 3. The molecule has 0 saturated carbocycles. The van der Waals surface area contributed by atoms with E-state index in [1.54, 1.807) is 36.4 Å². The highest BCUT2D eigenvalue weighted by atomic mass is 79.9. The third kappa shape index (κ3) is 2.28. The van der Waals surface area contributed by atoms with Gasteiger partial charge in [0.25, 0.3) is 17.4 Å². The van der Waals surface area contributed by atoms with E-state index in [2.05, 4.69) is 15.9 Å². The Morgan fingerprint density at radius 3 is 2.46 bits per heavy atom. The zero-order chi connectivity index (χ0) is 17.5. The predicted octanol–water partition coefficient (Wildman–Crippen LogP) is 1.96. The van der Waals surface area contributed by atoms with Crippen LogP contribution < -0.4 is 10.6 Å². The van der Waals surface area contributed by atoms with Gasteiger partial charge in [0, 0.05) is 17.1 Å². The lowest BCUT2D eigenvalue weighted by Crippen LogP contribution is -2.52. The molecule has 7 heteroatoms. The van der Waals surface area contributed by atoms with Crippen LogP contribution in [0, 0.1) is 0 Å². The van der Waals surface area contributed by atoms with E-state index in [-0.39, 0.29) is 11.1 Å². The molecular formula is C17H13BrN2O4. The summed E-state index contributed by atoms with van der Waals surface area (Å²) in [6.07, 6.45) is 0. The first-order valence-corrected chi connectivity index (χ1v) is 7.83. The Kier molecular flexibility index (Phi) is 3.88. The molecule has 1 atom stereocenters. The smallest absolute Gasteiger partial charge is 0.340 e. The topological polar surface area (TPSA) is 89.7 Å². The van der Waals surface area contributed by atoms with Crippen molar-refractivity contribution in [1.29, 1.82) is 0 Å². The Labute approximate surface area is 146 Å². The molecule has 3 rings (SSSR count). The molecule has 24 heavy (non-hydrogen) atoms. The number of hydrogen-bond donors (Lipinski definition) is 1. The van der Waals surface area contributed by atoms with Crippen molar-refractivity contribution in [2.45, 2.75) is 5.60 Å². The molecule has 1 heterocycles. The van der Waals surface area contributed by atoms with Gasteiger partial charge in [-0.1, -0.05) is 34.1 Å². The molecular weight excluding hydrogens is 376 g/mol. The van der Waals surface area contributed by atoms with Gasteiger partial charge in [-0.2, -0.15) is 0 Å². The fraction of sp³-hybridized carbons (Fsp3) is 0.118. The second-order valence-corrected chi connectivity index (χ2v) is 6.24. The number of nitrogens with zero attached hydrogens (tertiary/aromatic N) is 1. The average molecular weight is 389 g/mol. The van der Waals surface area contributed by atoms with Crippen molar-refractivity contribution in [3.8, 4) is 0 Å². The monoisotopic (exact) mass is 388 g/mol. The van der Waals surface area contributed by atoms with E-state index in [0.29, 0.717) is 10.2 Å². The summed E-state index contributed by atoms with van der Waals surface area (Å²) in [5, 5.41) is 0. The van der Waals surface area contributed by atoms with E-state index in [9.17, 15) is 14.4 Å². The van der Waals surface area contributed by atoms with E-state index in [0.717, 1.165) is 0 Å². The Bertz CT molecular complexity index is 853. The van der Waals surface area contributed by atoms with Gasteiger partial charge in [-0.3, -0.25) is 9.59 Å². The summed E-state index contributed by atoms with van der Waals surface area (Å²) in [5.74, 6) is -2.54. The number of carbonyl (C=O) groups excluding carboxylic acids is 3. The third-order valence-electron chi connectivity index (χ3n) is 3.91. The molecule has 2 amide bonds. The molecule has 0 aliphatic carbocycles. The molecule has 0 aromatic heterocycles. The van der Waals surface area contributed by atoms with Gasteiger partial charge in [0.15, 0.2) is 0 Å². The lowest BCUT2D eigenvalue weighted by molar-refractivity contribution is -0.150. The SMILES string of the molecule is CN1C(=O)C(OC(=O)c2ccccc2)(C(N)=O)c2cc(Br)ccc21. The van der Waals surface area contributed by atoms with Crippen LogP contribution in [0.4, 0.5) is 5.69 Å². The molecule has 1 aliphatic heterocycles. The first kappa shape index (κ1) is 16.2. The summed E-state index contributed by atoms with van der Waals surface area (Å²) < 4.78 is 6.02. The van der Waals surface area contributed by atoms with Crippen LogP contribution in [0.15, 0.2) is 53.0 Å². The molecule has 0 bridgehead atoms. The van der Waals surface area contributed by atoms with Crippen LogP contribution in [0.2, 0.25) is 0 Å². The van der Waals surface area contributed by atoms with Crippen molar-refractivity contribution in [1.82, 2.24) is 0 Å². The summed E-state index contributed by atoms with van der Waals surface area (Å²) in [4.78, 5) is 38.6. The average Bonchev–Trinajstić information content (AvgIpc) is 2.78. The maximum Gasteiger partial charge on any atom is 0.340 e. The van der Waals surface area contributed by atoms with E-state index in [1.807, 2.05) is 0 Å². The van der Waals surface area contributed by atoms with Gasteiger partial charge in [0.2, 0.25) is 0 Å². The number of likely N-dealkylation sites (N-methyl/N-ethyl adjacent to an activating group) is 1. The first-order valence-electron chi connectivity index (χ1n) is 7.04. The largest absolute Gasteiger partial charge is 0.430 e. The highest BCUT2D eigenvalue weighted by Crippen LogP contribution is 2.43. The molecule has 0 spiro atoms. The summed E-state index contributed by atoms with van der Waals surface area (Å²) in [5.41, 5.74) is 4.24. The molecule has 0 saturated heterocycles.